The molecule has 0 aliphatic rings. The number of ether oxygens (including phenoxy) is 1. The number of rotatable bonds is 9. The van der Waals surface area contributed by atoms with E-state index in [0.717, 1.165) is 5.56 Å². The third-order valence-electron chi connectivity index (χ3n) is 4.80. The van der Waals surface area contributed by atoms with Gasteiger partial charge >= 0.3 is 5.97 Å². The van der Waals surface area contributed by atoms with E-state index in [1.54, 1.807) is 55.5 Å². The Labute approximate surface area is 191 Å². The van der Waals surface area contributed by atoms with Crippen molar-refractivity contribution in [2.75, 3.05) is 6.61 Å². The number of nitrogens with zero attached hydrogens (tertiary/aromatic N) is 2. The van der Waals surface area contributed by atoms with Crippen LogP contribution in [0.15, 0.2) is 89.1 Å². The number of esters is 1. The molecule has 0 aromatic heterocycles. The fourth-order valence-corrected chi connectivity index (χ4v) is 3.14. The Bertz CT molecular complexity index is 1190. The molecular weight excluding hydrogens is 420 g/mol. The predicted molar refractivity (Wildman–Crippen MR) is 124 cm³/mol. The van der Waals surface area contributed by atoms with Crippen LogP contribution in [-0.4, -0.2) is 28.6 Å². The zero-order valence-electron chi connectivity index (χ0n) is 18.1. The zero-order chi connectivity index (χ0) is 23.6. The molecule has 0 unspecified atom stereocenters. The summed E-state index contributed by atoms with van der Waals surface area (Å²) in [6, 6.07) is 18.4. The van der Waals surface area contributed by atoms with Gasteiger partial charge in [-0.3, -0.25) is 4.79 Å². The van der Waals surface area contributed by atoms with Gasteiger partial charge in [0.05, 0.1) is 17.9 Å². The molecule has 2 N–H and O–H groups in total. The molecule has 3 rings (SSSR count). The molecular formula is C26H24N2O5. The maximum Gasteiger partial charge on any atom is 0.330 e. The summed E-state index contributed by atoms with van der Waals surface area (Å²) < 4.78 is 5.10. The molecule has 0 aliphatic heterocycles. The van der Waals surface area contributed by atoms with Crippen LogP contribution in [0.2, 0.25) is 0 Å². The highest BCUT2D eigenvalue weighted by atomic mass is 16.5. The van der Waals surface area contributed by atoms with E-state index in [1.165, 1.54) is 18.2 Å². The second-order valence-corrected chi connectivity index (χ2v) is 7.12. The van der Waals surface area contributed by atoms with Gasteiger partial charge in [0, 0.05) is 11.6 Å². The molecule has 0 bridgehead atoms. The number of aryl methyl sites for hydroxylation is 1. The van der Waals surface area contributed by atoms with Crippen LogP contribution in [0.1, 0.15) is 34.8 Å². The third-order valence-corrected chi connectivity index (χ3v) is 4.80. The van der Waals surface area contributed by atoms with Crippen molar-refractivity contribution in [1.29, 1.82) is 0 Å². The topological polar surface area (TPSA) is 109 Å². The highest BCUT2D eigenvalue weighted by Gasteiger charge is 2.19. The first-order valence-corrected chi connectivity index (χ1v) is 10.4. The smallest absolute Gasteiger partial charge is 0.330 e. The van der Waals surface area contributed by atoms with E-state index in [1.807, 2.05) is 12.1 Å². The molecule has 7 nitrogen and oxygen atoms in total. The van der Waals surface area contributed by atoms with Crippen molar-refractivity contribution in [3.05, 3.63) is 95.6 Å². The molecule has 0 saturated heterocycles. The van der Waals surface area contributed by atoms with E-state index >= 15 is 0 Å². The van der Waals surface area contributed by atoms with E-state index in [0.29, 0.717) is 24.1 Å². The number of azo groups is 1. The number of benzene rings is 3. The lowest BCUT2D eigenvalue weighted by Crippen LogP contribution is -2.03. The number of phenolic OH excluding ortho intramolecular Hbond substituents is 2. The molecule has 0 atom stereocenters. The lowest BCUT2D eigenvalue weighted by molar-refractivity contribution is -0.137. The summed E-state index contributed by atoms with van der Waals surface area (Å²) in [5.41, 5.74) is 1.63. The Morgan fingerprint density at radius 3 is 2.42 bits per heavy atom. The molecule has 168 valence electrons. The lowest BCUT2D eigenvalue weighted by atomic mass is 10.0. The van der Waals surface area contributed by atoms with Crippen molar-refractivity contribution >= 4 is 23.1 Å². The number of carbonyl (C=O) groups excluding carboxylic acids is 2. The lowest BCUT2D eigenvalue weighted by Gasteiger charge is -2.08. The van der Waals surface area contributed by atoms with Crippen LogP contribution < -0.4 is 0 Å². The van der Waals surface area contributed by atoms with Gasteiger partial charge in [0.2, 0.25) is 0 Å². The van der Waals surface area contributed by atoms with Crippen LogP contribution in [0, 0.1) is 0 Å². The first-order chi connectivity index (χ1) is 16.0. The van der Waals surface area contributed by atoms with Crippen molar-refractivity contribution in [2.45, 2.75) is 19.8 Å². The fraction of sp³-hybridized carbons (Fsp3) is 0.154. The van der Waals surface area contributed by atoms with Gasteiger partial charge in [-0.25, -0.2) is 4.79 Å². The molecule has 0 fully saturated rings. The van der Waals surface area contributed by atoms with Crippen molar-refractivity contribution in [2.24, 2.45) is 10.2 Å². The van der Waals surface area contributed by atoms with Gasteiger partial charge in [-0.2, -0.15) is 5.11 Å². The van der Waals surface area contributed by atoms with Crippen LogP contribution >= 0.6 is 0 Å². The summed E-state index contributed by atoms with van der Waals surface area (Å²) in [7, 11) is 0. The SMILES string of the molecule is CC=CC(=O)OCCCc1ccccc1N=Nc1c(O)ccc(C(=O)c2ccccc2)c1O. The summed E-state index contributed by atoms with van der Waals surface area (Å²) in [4.78, 5) is 24.1. The van der Waals surface area contributed by atoms with Crippen LogP contribution in [0.25, 0.3) is 0 Å². The normalized spacial score (nSPS) is 11.2. The summed E-state index contributed by atoms with van der Waals surface area (Å²) in [6.07, 6.45) is 4.15. The van der Waals surface area contributed by atoms with E-state index in [9.17, 15) is 19.8 Å². The second kappa shape index (κ2) is 11.4. The largest absolute Gasteiger partial charge is 0.505 e. The van der Waals surface area contributed by atoms with Crippen LogP contribution in [-0.2, 0) is 16.0 Å². The first kappa shape index (κ1) is 23.4. The van der Waals surface area contributed by atoms with Crippen molar-refractivity contribution in [3.8, 4) is 11.5 Å². The summed E-state index contributed by atoms with van der Waals surface area (Å²) >= 11 is 0. The van der Waals surface area contributed by atoms with Gasteiger partial charge in [-0.15, -0.1) is 5.11 Å². The van der Waals surface area contributed by atoms with E-state index in [4.69, 9.17) is 4.74 Å². The maximum absolute atomic E-state index is 12.7. The van der Waals surface area contributed by atoms with Crippen LogP contribution in [0.3, 0.4) is 0 Å². The number of phenols is 2. The van der Waals surface area contributed by atoms with E-state index < -0.39 is 11.5 Å². The Hall–Kier alpha value is -4.26. The molecule has 0 amide bonds. The molecule has 0 heterocycles. The Morgan fingerprint density at radius 2 is 1.67 bits per heavy atom. The molecule has 0 saturated carbocycles. The van der Waals surface area contributed by atoms with Crippen LogP contribution in [0.4, 0.5) is 11.4 Å². The van der Waals surface area contributed by atoms with Crippen molar-refractivity contribution < 1.29 is 24.5 Å². The highest BCUT2D eigenvalue weighted by molar-refractivity contribution is 6.11. The van der Waals surface area contributed by atoms with Gasteiger partial charge < -0.3 is 14.9 Å². The van der Waals surface area contributed by atoms with Gasteiger partial charge in [0.1, 0.15) is 5.75 Å². The summed E-state index contributed by atoms with van der Waals surface area (Å²) in [5, 5.41) is 29.1. The number of aromatic hydroxyl groups is 2. The highest BCUT2D eigenvalue weighted by Crippen LogP contribution is 2.40. The molecule has 3 aromatic carbocycles. The predicted octanol–water partition coefficient (Wildman–Crippen LogP) is 5.80. The fourth-order valence-electron chi connectivity index (χ4n) is 3.14. The Balaban J connectivity index is 1.79. The minimum atomic E-state index is -0.444. The number of hydrogen-bond acceptors (Lipinski definition) is 7. The van der Waals surface area contributed by atoms with E-state index in [2.05, 4.69) is 10.2 Å². The average molecular weight is 444 g/mol. The molecule has 3 aromatic rings. The maximum atomic E-state index is 12.7. The minimum Gasteiger partial charge on any atom is -0.505 e. The van der Waals surface area contributed by atoms with Gasteiger partial charge in [0.15, 0.2) is 17.2 Å². The quantitative estimate of drug-likeness (QED) is 0.143. The van der Waals surface area contributed by atoms with Crippen molar-refractivity contribution in [1.82, 2.24) is 0 Å². The third kappa shape index (κ3) is 6.13. The number of ketones is 1. The summed E-state index contributed by atoms with van der Waals surface area (Å²) in [5.74, 6) is -1.52. The second-order valence-electron chi connectivity index (χ2n) is 7.12. The van der Waals surface area contributed by atoms with Crippen LogP contribution in [0.5, 0.6) is 11.5 Å². The zero-order valence-corrected chi connectivity index (χ0v) is 18.1. The number of carbonyl (C=O) groups is 2. The van der Waals surface area contributed by atoms with E-state index in [-0.39, 0.29) is 29.6 Å². The van der Waals surface area contributed by atoms with Crippen molar-refractivity contribution in [3.63, 3.8) is 0 Å². The minimum absolute atomic E-state index is 0.0178. The standard InChI is InChI=1S/C26H24N2O5/c1-2-9-23(30)33-17-8-13-18-10-6-7-14-21(18)27-28-24-22(29)16-15-20(26(24)32)25(31)19-11-4-3-5-12-19/h2-7,9-12,14-16,29,32H,8,13,17H2,1H3. The molecule has 33 heavy (non-hydrogen) atoms. The van der Waals surface area contributed by atoms with Gasteiger partial charge in [-0.05, 0) is 43.5 Å². The number of allylic oxidation sites excluding steroid dienone is 1. The number of hydrogen-bond donors (Lipinski definition) is 2. The Morgan fingerprint density at radius 1 is 0.939 bits per heavy atom. The summed E-state index contributed by atoms with van der Waals surface area (Å²) in [6.45, 7) is 2.01. The molecule has 0 radical (unpaired) electrons. The molecule has 7 heteroatoms. The monoisotopic (exact) mass is 444 g/mol. The first-order valence-electron chi connectivity index (χ1n) is 10.4. The van der Waals surface area contributed by atoms with Gasteiger partial charge in [0.25, 0.3) is 0 Å². The average Bonchev–Trinajstić information content (AvgIpc) is 2.83. The molecule has 0 spiro atoms. The Kier molecular flexibility index (Phi) is 8.07. The molecule has 0 aliphatic carbocycles. The van der Waals surface area contributed by atoms with Gasteiger partial charge in [-0.1, -0.05) is 54.6 Å².